The lowest BCUT2D eigenvalue weighted by atomic mass is 10.2. The first kappa shape index (κ1) is 19.7. The molecule has 26 heavy (non-hydrogen) atoms. The molecule has 1 aromatic rings. The summed E-state index contributed by atoms with van der Waals surface area (Å²) in [6, 6.07) is -0.899. The van der Waals surface area contributed by atoms with Crippen LogP contribution >= 0.6 is 0 Å². The minimum absolute atomic E-state index is 0.0951. The molecule has 1 aliphatic rings. The van der Waals surface area contributed by atoms with Crippen LogP contribution in [0.2, 0.25) is 0 Å². The van der Waals surface area contributed by atoms with Gasteiger partial charge < -0.3 is 20.0 Å². The smallest absolute Gasteiger partial charge is 0.421 e. The molecule has 1 heterocycles. The summed E-state index contributed by atoms with van der Waals surface area (Å²) in [5.74, 6) is -1.32. The Morgan fingerprint density at radius 3 is 2.38 bits per heavy atom. The molecule has 1 N–H and O–H groups in total. The fourth-order valence-electron chi connectivity index (χ4n) is 2.17. The number of carboxylic acid groups (broad SMARTS) is 1. The minimum Gasteiger partial charge on any atom is -0.529 e. The molecule has 2 rings (SSSR count). The van der Waals surface area contributed by atoms with Crippen molar-refractivity contribution in [3.63, 3.8) is 0 Å². The van der Waals surface area contributed by atoms with E-state index in [2.05, 4.69) is 15.3 Å². The maximum absolute atomic E-state index is 13.1. The molecule has 2 amide bonds. The molecule has 1 unspecified atom stereocenters. The van der Waals surface area contributed by atoms with Crippen molar-refractivity contribution in [2.45, 2.75) is 51.4 Å². The van der Waals surface area contributed by atoms with Gasteiger partial charge in [0.2, 0.25) is 0 Å². The topological polar surface area (TPSA) is 107 Å². The van der Waals surface area contributed by atoms with E-state index in [1.165, 1.54) is 20.8 Å². The van der Waals surface area contributed by atoms with Crippen molar-refractivity contribution < 1.29 is 32.6 Å². The highest BCUT2D eigenvalue weighted by molar-refractivity contribution is 6.07. The van der Waals surface area contributed by atoms with Crippen molar-refractivity contribution in [2.24, 2.45) is 5.92 Å². The Hall–Kier alpha value is -2.59. The maximum Gasteiger partial charge on any atom is 0.421 e. The van der Waals surface area contributed by atoms with Crippen LogP contribution in [0.15, 0.2) is 12.4 Å². The quantitative estimate of drug-likeness (QED) is 0.860. The fraction of sp³-hybridized carbons (Fsp3) is 0.600. The first-order valence-corrected chi connectivity index (χ1v) is 7.78. The molecule has 0 radical (unpaired) electrons. The van der Waals surface area contributed by atoms with Crippen molar-refractivity contribution in [2.75, 3.05) is 10.2 Å². The van der Waals surface area contributed by atoms with Crippen LogP contribution in [-0.2, 0) is 4.74 Å². The number of nitrogens with one attached hydrogen (secondary N) is 1. The second-order valence-corrected chi connectivity index (χ2v) is 6.84. The molecule has 144 valence electrons. The molecule has 0 saturated heterocycles. The van der Waals surface area contributed by atoms with Gasteiger partial charge in [0.05, 0.1) is 0 Å². The summed E-state index contributed by atoms with van der Waals surface area (Å²) < 4.78 is 44.3. The van der Waals surface area contributed by atoms with Gasteiger partial charge in [-0.1, -0.05) is 0 Å². The lowest BCUT2D eigenvalue weighted by Crippen LogP contribution is -2.48. The second-order valence-electron chi connectivity index (χ2n) is 6.84. The number of anilines is 2. The number of hydrogen-bond donors (Lipinski definition) is 1. The van der Waals surface area contributed by atoms with E-state index < -0.39 is 41.7 Å². The molecule has 1 aromatic heterocycles. The van der Waals surface area contributed by atoms with Gasteiger partial charge in [0.1, 0.15) is 29.6 Å². The van der Waals surface area contributed by atoms with Crippen LogP contribution in [0, 0.1) is 5.92 Å². The van der Waals surface area contributed by atoms with Crippen molar-refractivity contribution in [3.8, 4) is 0 Å². The zero-order valence-corrected chi connectivity index (χ0v) is 14.3. The molecule has 0 aromatic carbocycles. The van der Waals surface area contributed by atoms with E-state index in [4.69, 9.17) is 4.74 Å². The zero-order chi connectivity index (χ0) is 19.7. The van der Waals surface area contributed by atoms with E-state index in [1.807, 2.05) is 0 Å². The Morgan fingerprint density at radius 2 is 1.92 bits per heavy atom. The molecular formula is C15H18F3N4O4-. The van der Waals surface area contributed by atoms with Gasteiger partial charge in [0.25, 0.3) is 0 Å². The highest BCUT2D eigenvalue weighted by atomic mass is 19.4. The standard InChI is InChI=1S/C15H19F3N4O4/c1-14(2,3)26-13(25)22(12(23)24)10-6-9(19-7-20-10)21-11(8-4-5-8)15(16,17)18/h6-8,11H,4-5H2,1-3H3,(H,23,24)(H,19,20,21)/p-1. The van der Waals surface area contributed by atoms with Crippen LogP contribution in [0.5, 0.6) is 0 Å². The van der Waals surface area contributed by atoms with Gasteiger partial charge >= 0.3 is 12.3 Å². The largest absolute Gasteiger partial charge is 0.529 e. The predicted octanol–water partition coefficient (Wildman–Crippen LogP) is 2.31. The number of carbonyl (C=O) groups is 2. The average Bonchev–Trinajstić information content (AvgIpc) is 3.26. The monoisotopic (exact) mass is 375 g/mol. The van der Waals surface area contributed by atoms with E-state index in [9.17, 15) is 27.9 Å². The van der Waals surface area contributed by atoms with E-state index in [1.54, 1.807) is 0 Å². The van der Waals surface area contributed by atoms with Crippen LogP contribution in [0.4, 0.5) is 34.4 Å². The van der Waals surface area contributed by atoms with E-state index in [0.29, 0.717) is 12.8 Å². The second kappa shape index (κ2) is 6.96. The molecule has 0 aliphatic heterocycles. The average molecular weight is 375 g/mol. The number of alkyl halides is 3. The van der Waals surface area contributed by atoms with Gasteiger partial charge in [0, 0.05) is 6.07 Å². The summed E-state index contributed by atoms with van der Waals surface area (Å²) in [5.41, 5.74) is -0.994. The summed E-state index contributed by atoms with van der Waals surface area (Å²) in [6.45, 7) is 4.57. The molecule has 1 atom stereocenters. The summed E-state index contributed by atoms with van der Waals surface area (Å²) in [4.78, 5) is 30.7. The Bertz CT molecular complexity index is 686. The van der Waals surface area contributed by atoms with Gasteiger partial charge in [-0.15, -0.1) is 0 Å². The third-order valence-electron chi connectivity index (χ3n) is 3.39. The number of imide groups is 1. The highest BCUT2D eigenvalue weighted by Crippen LogP contribution is 2.41. The lowest BCUT2D eigenvalue weighted by molar-refractivity contribution is -0.245. The predicted molar refractivity (Wildman–Crippen MR) is 82.3 cm³/mol. The molecule has 0 bridgehead atoms. The Labute approximate surface area is 147 Å². The molecule has 1 aliphatic carbocycles. The van der Waals surface area contributed by atoms with Crippen molar-refractivity contribution in [1.29, 1.82) is 0 Å². The molecule has 1 fully saturated rings. The first-order valence-electron chi connectivity index (χ1n) is 7.78. The number of ether oxygens (including phenoxy) is 1. The van der Waals surface area contributed by atoms with Crippen molar-refractivity contribution in [3.05, 3.63) is 12.4 Å². The lowest BCUT2D eigenvalue weighted by Gasteiger charge is -2.27. The van der Waals surface area contributed by atoms with Crippen LogP contribution in [0.1, 0.15) is 33.6 Å². The zero-order valence-electron chi connectivity index (χ0n) is 14.3. The summed E-state index contributed by atoms with van der Waals surface area (Å²) >= 11 is 0. The van der Waals surface area contributed by atoms with Crippen LogP contribution in [0.3, 0.4) is 0 Å². The van der Waals surface area contributed by atoms with Crippen LogP contribution < -0.4 is 15.3 Å². The van der Waals surface area contributed by atoms with E-state index in [-0.39, 0.29) is 10.7 Å². The first-order chi connectivity index (χ1) is 11.9. The number of amides is 2. The highest BCUT2D eigenvalue weighted by Gasteiger charge is 2.49. The van der Waals surface area contributed by atoms with Gasteiger partial charge in [-0.25, -0.2) is 19.7 Å². The minimum atomic E-state index is -4.49. The molecule has 1 saturated carbocycles. The summed E-state index contributed by atoms with van der Waals surface area (Å²) in [7, 11) is 0. The number of hydrogen-bond acceptors (Lipinski definition) is 7. The molecule has 0 spiro atoms. The fourth-order valence-corrected chi connectivity index (χ4v) is 2.17. The van der Waals surface area contributed by atoms with Gasteiger partial charge in [0.15, 0.2) is 6.09 Å². The third kappa shape index (κ3) is 5.20. The summed E-state index contributed by atoms with van der Waals surface area (Å²) in [5, 5.41) is 13.5. The SMILES string of the molecule is CC(C)(C)OC(=O)N(C(=O)[O-])c1cc(NC(C2CC2)C(F)(F)F)ncn1. The van der Waals surface area contributed by atoms with Gasteiger partial charge in [-0.3, -0.25) is 0 Å². The molecule has 8 nitrogen and oxygen atoms in total. The number of rotatable bonds is 4. The van der Waals surface area contributed by atoms with Gasteiger partial charge in [-0.2, -0.15) is 13.2 Å². The van der Waals surface area contributed by atoms with E-state index in [0.717, 1.165) is 12.4 Å². The number of nitrogens with zero attached hydrogens (tertiary/aromatic N) is 3. The van der Waals surface area contributed by atoms with Crippen LogP contribution in [0.25, 0.3) is 0 Å². The van der Waals surface area contributed by atoms with E-state index >= 15 is 0 Å². The number of carbonyl (C=O) groups excluding carboxylic acids is 2. The number of halogens is 3. The number of aromatic nitrogens is 2. The van der Waals surface area contributed by atoms with Crippen molar-refractivity contribution in [1.82, 2.24) is 9.97 Å². The Kier molecular flexibility index (Phi) is 5.28. The molecule has 11 heteroatoms. The Morgan fingerprint density at radius 1 is 1.31 bits per heavy atom. The Balaban J connectivity index is 2.25. The maximum atomic E-state index is 13.1. The third-order valence-corrected chi connectivity index (χ3v) is 3.39. The summed E-state index contributed by atoms with van der Waals surface area (Å²) in [6.07, 6.45) is -6.00. The van der Waals surface area contributed by atoms with Gasteiger partial charge in [-0.05, 0) is 39.5 Å². The van der Waals surface area contributed by atoms with Crippen molar-refractivity contribution >= 4 is 23.8 Å². The normalized spacial score (nSPS) is 15.9. The van der Waals surface area contributed by atoms with Crippen LogP contribution in [-0.4, -0.2) is 40.0 Å². The molecular weight excluding hydrogens is 357 g/mol.